The Bertz CT molecular complexity index is 398. The summed E-state index contributed by atoms with van der Waals surface area (Å²) in [6, 6.07) is 1.09. The summed E-state index contributed by atoms with van der Waals surface area (Å²) in [5.41, 5.74) is 5.23. The van der Waals surface area contributed by atoms with Crippen molar-refractivity contribution in [3.05, 3.63) is 20.9 Å². The van der Waals surface area contributed by atoms with Crippen molar-refractivity contribution in [1.29, 1.82) is 0 Å². The number of nitrogens with two attached hydrogens (primary N) is 1. The molecule has 0 bridgehead atoms. The Hall–Kier alpha value is -0.990. The number of aromatic nitrogens is 1. The summed E-state index contributed by atoms with van der Waals surface area (Å²) in [5.74, 6) is -1.16. The predicted octanol–water partition coefficient (Wildman–Crippen LogP) is 1.83. The minimum Gasteiger partial charge on any atom is -0.481 e. The molecule has 82 valence electrons. The van der Waals surface area contributed by atoms with Crippen LogP contribution in [0, 0.1) is 3.70 Å². The Balaban J connectivity index is 3.17. The van der Waals surface area contributed by atoms with Crippen LogP contribution in [0.25, 0.3) is 0 Å². The van der Waals surface area contributed by atoms with E-state index in [4.69, 9.17) is 10.8 Å². The maximum Gasteiger partial charge on any atom is 0.307 e. The Morgan fingerprint density at radius 3 is 2.73 bits per heavy atom. The molecule has 7 heteroatoms. The highest BCUT2D eigenvalue weighted by Gasteiger charge is 2.16. The second kappa shape index (κ2) is 4.69. The summed E-state index contributed by atoms with van der Waals surface area (Å²) < 4.78 is 25.0. The Labute approximate surface area is 97.6 Å². The van der Waals surface area contributed by atoms with Crippen molar-refractivity contribution in [3.63, 3.8) is 0 Å². The van der Waals surface area contributed by atoms with Gasteiger partial charge in [-0.2, -0.15) is 0 Å². The Kier molecular flexibility index (Phi) is 3.77. The lowest BCUT2D eigenvalue weighted by molar-refractivity contribution is -0.136. The number of anilines is 1. The fourth-order valence-corrected chi connectivity index (χ4v) is 1.67. The molecule has 1 aromatic rings. The molecule has 15 heavy (non-hydrogen) atoms. The minimum absolute atomic E-state index is 0.0220. The molecule has 4 nitrogen and oxygen atoms in total. The average molecular weight is 328 g/mol. The molecule has 0 spiro atoms. The summed E-state index contributed by atoms with van der Waals surface area (Å²) in [4.78, 5) is 14.1. The highest BCUT2D eigenvalue weighted by Crippen LogP contribution is 2.26. The van der Waals surface area contributed by atoms with Gasteiger partial charge in [-0.05, 0) is 28.7 Å². The molecule has 0 aromatic carbocycles. The smallest absolute Gasteiger partial charge is 0.307 e. The number of carbonyl (C=O) groups is 1. The molecule has 0 saturated heterocycles. The molecule has 0 aliphatic heterocycles. The standard InChI is InChI=1S/C8H7F2IN2O2/c9-6(10)4-1-3(2-5(14)15)8(12)13-7(4)11/h1,6H,2H2,(H2,12,13)(H,14,15). The quantitative estimate of drug-likeness (QED) is 0.656. The van der Waals surface area contributed by atoms with Crippen molar-refractivity contribution < 1.29 is 18.7 Å². The molecular weight excluding hydrogens is 321 g/mol. The fourth-order valence-electron chi connectivity index (χ4n) is 1.02. The van der Waals surface area contributed by atoms with Crippen LogP contribution in [0.4, 0.5) is 14.6 Å². The van der Waals surface area contributed by atoms with E-state index in [0.29, 0.717) is 0 Å². The van der Waals surface area contributed by atoms with Gasteiger partial charge in [0.2, 0.25) is 0 Å². The van der Waals surface area contributed by atoms with E-state index in [9.17, 15) is 13.6 Å². The van der Waals surface area contributed by atoms with Crippen LogP contribution in [-0.2, 0) is 11.2 Å². The number of rotatable bonds is 3. The molecule has 0 amide bonds. The SMILES string of the molecule is Nc1nc(I)c(C(F)F)cc1CC(=O)O. The fraction of sp³-hybridized carbons (Fsp3) is 0.250. The molecule has 0 aliphatic carbocycles. The number of alkyl halides is 2. The van der Waals surface area contributed by atoms with Crippen molar-refractivity contribution in [2.45, 2.75) is 12.8 Å². The molecule has 0 unspecified atom stereocenters. The molecule has 0 fully saturated rings. The Morgan fingerprint density at radius 1 is 1.67 bits per heavy atom. The third-order valence-electron chi connectivity index (χ3n) is 1.69. The van der Waals surface area contributed by atoms with E-state index in [0.717, 1.165) is 6.07 Å². The first-order chi connectivity index (χ1) is 6.91. The highest BCUT2D eigenvalue weighted by atomic mass is 127. The van der Waals surface area contributed by atoms with Crippen LogP contribution in [0.1, 0.15) is 17.6 Å². The lowest BCUT2D eigenvalue weighted by Crippen LogP contribution is -2.08. The zero-order valence-corrected chi connectivity index (χ0v) is 9.53. The first-order valence-corrected chi connectivity index (χ1v) is 4.94. The van der Waals surface area contributed by atoms with Crippen molar-refractivity contribution in [2.75, 3.05) is 5.73 Å². The lowest BCUT2D eigenvalue weighted by Gasteiger charge is -2.07. The van der Waals surface area contributed by atoms with Crippen LogP contribution in [0.15, 0.2) is 6.07 Å². The number of pyridine rings is 1. The molecular formula is C8H7F2IN2O2. The average Bonchev–Trinajstić information content (AvgIpc) is 2.08. The van der Waals surface area contributed by atoms with E-state index >= 15 is 0 Å². The maximum absolute atomic E-state index is 12.4. The van der Waals surface area contributed by atoms with Crippen LogP contribution in [-0.4, -0.2) is 16.1 Å². The first kappa shape index (κ1) is 12.1. The van der Waals surface area contributed by atoms with Crippen LogP contribution < -0.4 is 5.73 Å². The van der Waals surface area contributed by atoms with E-state index in [2.05, 4.69) is 4.98 Å². The summed E-state index contributed by atoms with van der Waals surface area (Å²) in [6.07, 6.45) is -3.09. The monoisotopic (exact) mass is 328 g/mol. The van der Waals surface area contributed by atoms with Gasteiger partial charge in [-0.3, -0.25) is 4.79 Å². The first-order valence-electron chi connectivity index (χ1n) is 3.86. The summed E-state index contributed by atoms with van der Waals surface area (Å²) >= 11 is 1.63. The van der Waals surface area contributed by atoms with E-state index in [1.807, 2.05) is 0 Å². The minimum atomic E-state index is -2.68. The molecule has 0 atom stereocenters. The summed E-state index contributed by atoms with van der Waals surface area (Å²) in [6.45, 7) is 0. The number of carboxylic acid groups (broad SMARTS) is 1. The van der Waals surface area contributed by atoms with Gasteiger partial charge in [-0.15, -0.1) is 0 Å². The largest absolute Gasteiger partial charge is 0.481 e. The van der Waals surface area contributed by atoms with Gasteiger partial charge in [0.1, 0.15) is 9.52 Å². The third-order valence-corrected chi connectivity index (χ3v) is 2.56. The van der Waals surface area contributed by atoms with Gasteiger partial charge >= 0.3 is 5.97 Å². The van der Waals surface area contributed by atoms with Gasteiger partial charge in [0.15, 0.2) is 0 Å². The van der Waals surface area contributed by atoms with Gasteiger partial charge in [-0.25, -0.2) is 13.8 Å². The topological polar surface area (TPSA) is 76.2 Å². The molecule has 0 saturated carbocycles. The van der Waals surface area contributed by atoms with Crippen LogP contribution in [0.3, 0.4) is 0 Å². The number of nitrogen functional groups attached to an aromatic ring is 1. The highest BCUT2D eigenvalue weighted by molar-refractivity contribution is 14.1. The number of carboxylic acids is 1. The predicted molar refractivity (Wildman–Crippen MR) is 57.7 cm³/mol. The number of hydrogen-bond donors (Lipinski definition) is 2. The molecule has 0 aliphatic rings. The van der Waals surface area contributed by atoms with Crippen molar-refractivity contribution in [2.24, 2.45) is 0 Å². The number of halogens is 3. The normalized spacial score (nSPS) is 10.7. The lowest BCUT2D eigenvalue weighted by atomic mass is 10.1. The molecule has 0 radical (unpaired) electrons. The van der Waals surface area contributed by atoms with Gasteiger partial charge < -0.3 is 10.8 Å². The van der Waals surface area contributed by atoms with Crippen LogP contribution in [0.5, 0.6) is 0 Å². The van der Waals surface area contributed by atoms with Crippen LogP contribution in [0.2, 0.25) is 0 Å². The second-order valence-electron chi connectivity index (χ2n) is 2.78. The number of nitrogens with zero attached hydrogens (tertiary/aromatic N) is 1. The van der Waals surface area contributed by atoms with E-state index in [1.165, 1.54) is 0 Å². The zero-order valence-electron chi connectivity index (χ0n) is 7.38. The van der Waals surface area contributed by atoms with E-state index in [-0.39, 0.29) is 20.6 Å². The van der Waals surface area contributed by atoms with Gasteiger partial charge in [0, 0.05) is 5.56 Å². The Morgan fingerprint density at radius 2 is 2.27 bits per heavy atom. The van der Waals surface area contributed by atoms with Gasteiger partial charge in [0.25, 0.3) is 6.43 Å². The maximum atomic E-state index is 12.4. The van der Waals surface area contributed by atoms with E-state index < -0.39 is 18.8 Å². The third kappa shape index (κ3) is 2.98. The van der Waals surface area contributed by atoms with Crippen LogP contribution >= 0.6 is 22.6 Å². The van der Waals surface area contributed by atoms with Crippen molar-refractivity contribution >= 4 is 34.4 Å². The molecule has 1 rings (SSSR count). The summed E-state index contributed by atoms with van der Waals surface area (Å²) in [7, 11) is 0. The van der Waals surface area contributed by atoms with Gasteiger partial charge in [0.05, 0.1) is 12.0 Å². The summed E-state index contributed by atoms with van der Waals surface area (Å²) in [5, 5.41) is 8.52. The molecule has 3 N–H and O–H groups in total. The number of aliphatic carboxylic acids is 1. The number of hydrogen-bond acceptors (Lipinski definition) is 3. The van der Waals surface area contributed by atoms with Crippen molar-refractivity contribution in [3.8, 4) is 0 Å². The second-order valence-corrected chi connectivity index (χ2v) is 3.81. The molecule has 1 aromatic heterocycles. The van der Waals surface area contributed by atoms with E-state index in [1.54, 1.807) is 22.6 Å². The van der Waals surface area contributed by atoms with Gasteiger partial charge in [-0.1, -0.05) is 0 Å². The molecule has 1 heterocycles. The zero-order chi connectivity index (χ0) is 11.6. The van der Waals surface area contributed by atoms with Crippen molar-refractivity contribution in [1.82, 2.24) is 4.98 Å².